The Bertz CT molecular complexity index is 773. The van der Waals surface area contributed by atoms with Crippen LogP contribution < -0.4 is 15.4 Å². The highest BCUT2D eigenvalue weighted by molar-refractivity contribution is 7.27. The fraction of sp³-hybridized carbons (Fsp3) is 0.550. The average molecular weight is 383 g/mol. The molecule has 1 aromatic heterocycles. The molecule has 1 aromatic carbocycles. The number of hydrogen-bond donors (Lipinski definition) is 1. The van der Waals surface area contributed by atoms with Gasteiger partial charge in [-0.3, -0.25) is 0 Å². The van der Waals surface area contributed by atoms with E-state index < -0.39 is 5.40 Å². The van der Waals surface area contributed by atoms with Crippen LogP contribution in [0.4, 0.5) is 0 Å². The predicted octanol–water partition coefficient (Wildman–Crippen LogP) is 1.45. The molecule has 0 aliphatic heterocycles. The van der Waals surface area contributed by atoms with Crippen LogP contribution in [-0.4, -0.2) is 32.0 Å². The van der Waals surface area contributed by atoms with Crippen LogP contribution in [0.2, 0.25) is 0 Å². The van der Waals surface area contributed by atoms with Crippen LogP contribution in [-0.2, 0) is 18.5 Å². The Labute approximate surface area is 167 Å². The Morgan fingerprint density at radius 3 is 2.74 bits per heavy atom. The van der Waals surface area contributed by atoms with E-state index in [4.69, 9.17) is 9.84 Å². The average Bonchev–Trinajstić information content (AvgIpc) is 3.25. The van der Waals surface area contributed by atoms with Gasteiger partial charge in [-0.1, -0.05) is 43.5 Å². The van der Waals surface area contributed by atoms with Gasteiger partial charge in [0, 0.05) is 19.2 Å². The van der Waals surface area contributed by atoms with Crippen LogP contribution in [0.3, 0.4) is 0 Å². The molecule has 1 N–H and O–H groups in total. The molecule has 2 aromatic rings. The number of hydrogen-bond acceptors (Lipinski definition) is 3. The van der Waals surface area contributed by atoms with Crippen molar-refractivity contribution in [2.75, 3.05) is 6.54 Å². The number of benzene rings is 1. The van der Waals surface area contributed by atoms with Crippen molar-refractivity contribution in [2.24, 2.45) is 5.92 Å². The minimum atomic E-state index is -0.425. The van der Waals surface area contributed by atoms with E-state index in [1.807, 2.05) is 0 Å². The minimum Gasteiger partial charge on any atom is -0.486 e. The first-order valence-corrected chi connectivity index (χ1v) is 10.8. The van der Waals surface area contributed by atoms with Crippen LogP contribution in [0.1, 0.15) is 49.4 Å². The highest BCUT2D eigenvalue weighted by atomic mass is 31.0. The number of aryl methyl sites for hydroxylation is 1. The molecule has 0 bridgehead atoms. The largest absolute Gasteiger partial charge is 0.486 e. The lowest BCUT2D eigenvalue weighted by Crippen LogP contribution is -2.38. The predicted molar refractivity (Wildman–Crippen MR) is 121 cm³/mol. The summed E-state index contributed by atoms with van der Waals surface area (Å²) in [6.45, 7) is 6.93. The van der Waals surface area contributed by atoms with Crippen molar-refractivity contribution in [3.05, 3.63) is 41.1 Å². The third-order valence-electron chi connectivity index (χ3n) is 5.47. The Hall–Kier alpha value is -1.25. The molecule has 1 fully saturated rings. The van der Waals surface area contributed by atoms with Crippen molar-refractivity contribution < 1.29 is 4.74 Å². The molecule has 144 valence electrons. The smallest absolute Gasteiger partial charge is 0.211 e. The van der Waals surface area contributed by atoms with Gasteiger partial charge in [-0.05, 0) is 43.1 Å². The second-order valence-corrected chi connectivity index (χ2v) is 8.91. The molecular weight excluding hydrogens is 351 g/mol. The molecular formula is C20H32B2N3OP. The Morgan fingerprint density at radius 2 is 2.04 bits per heavy atom. The van der Waals surface area contributed by atoms with E-state index in [9.17, 15) is 0 Å². The van der Waals surface area contributed by atoms with Crippen LogP contribution in [0, 0.1) is 12.8 Å². The molecule has 0 saturated heterocycles. The van der Waals surface area contributed by atoms with E-state index in [0.717, 1.165) is 37.1 Å². The van der Waals surface area contributed by atoms with E-state index >= 15 is 0 Å². The fourth-order valence-electron chi connectivity index (χ4n) is 3.95. The van der Waals surface area contributed by atoms with Crippen LogP contribution in [0.15, 0.2) is 24.3 Å². The van der Waals surface area contributed by atoms with Gasteiger partial charge in [0.05, 0.1) is 11.1 Å². The number of rotatable bonds is 8. The van der Waals surface area contributed by atoms with E-state index in [2.05, 4.69) is 73.0 Å². The lowest BCUT2D eigenvalue weighted by Gasteiger charge is -2.30. The van der Waals surface area contributed by atoms with Gasteiger partial charge < -0.3 is 10.1 Å². The molecule has 1 unspecified atom stereocenters. The molecule has 0 radical (unpaired) electrons. The summed E-state index contributed by atoms with van der Waals surface area (Å²) in [5, 5.41) is 8.98. The van der Waals surface area contributed by atoms with Crippen molar-refractivity contribution >= 4 is 30.2 Å². The molecule has 27 heavy (non-hydrogen) atoms. The number of ether oxygens (including phenoxy) is 1. The highest BCUT2D eigenvalue weighted by Crippen LogP contribution is 2.30. The van der Waals surface area contributed by atoms with Crippen LogP contribution in [0.25, 0.3) is 0 Å². The molecule has 4 nitrogen and oxygen atoms in total. The van der Waals surface area contributed by atoms with Crippen molar-refractivity contribution in [2.45, 2.75) is 58.0 Å². The first-order valence-electron chi connectivity index (χ1n) is 10.2. The zero-order valence-corrected chi connectivity index (χ0v) is 18.4. The minimum absolute atomic E-state index is 0.425. The van der Waals surface area contributed by atoms with Crippen molar-refractivity contribution in [1.29, 1.82) is 0 Å². The summed E-state index contributed by atoms with van der Waals surface area (Å²) in [4.78, 5) is 0. The molecule has 1 saturated carbocycles. The van der Waals surface area contributed by atoms with Gasteiger partial charge in [0.15, 0.2) is 15.7 Å². The molecule has 1 heterocycles. The van der Waals surface area contributed by atoms with Gasteiger partial charge >= 0.3 is 0 Å². The number of nitrogens with zero attached hydrogens (tertiary/aromatic N) is 2. The summed E-state index contributed by atoms with van der Waals surface area (Å²) < 4.78 is 8.69. The van der Waals surface area contributed by atoms with E-state index in [1.165, 1.54) is 42.1 Å². The maximum atomic E-state index is 6.59. The van der Waals surface area contributed by atoms with Gasteiger partial charge in [0.25, 0.3) is 0 Å². The summed E-state index contributed by atoms with van der Waals surface area (Å²) in [7, 11) is 7.13. The molecule has 0 amide bonds. The second kappa shape index (κ2) is 8.84. The van der Waals surface area contributed by atoms with Gasteiger partial charge in [0.2, 0.25) is 5.88 Å². The Balaban J connectivity index is 1.86. The molecule has 3 rings (SSSR count). The summed E-state index contributed by atoms with van der Waals surface area (Å²) >= 11 is 0. The third kappa shape index (κ3) is 5.18. The quantitative estimate of drug-likeness (QED) is 0.554. The van der Waals surface area contributed by atoms with E-state index in [1.54, 1.807) is 0 Å². The molecule has 7 heteroatoms. The summed E-state index contributed by atoms with van der Waals surface area (Å²) in [6.07, 6.45) is 5.30. The standard InChI is InChI=1S/C20H32B2N3OP/c1-3-23-12-16-11-19(25(24-16)13-15-6-4-5-7-15)26-20(21,22)17-10-14(2)8-9-18(17)27/h8-11,15,23H,3-7,12-13,21-22,27H2,1-2H3. The summed E-state index contributed by atoms with van der Waals surface area (Å²) in [5.41, 5.74) is 3.51. The second-order valence-electron chi connectivity index (χ2n) is 8.29. The Kier molecular flexibility index (Phi) is 6.70. The highest BCUT2D eigenvalue weighted by Gasteiger charge is 2.27. The monoisotopic (exact) mass is 383 g/mol. The topological polar surface area (TPSA) is 39.1 Å². The first kappa shape index (κ1) is 20.5. The first-order chi connectivity index (χ1) is 12.9. The zero-order valence-electron chi connectivity index (χ0n) is 17.2. The lowest BCUT2D eigenvalue weighted by molar-refractivity contribution is 0.213. The van der Waals surface area contributed by atoms with Gasteiger partial charge in [0.1, 0.15) is 0 Å². The summed E-state index contributed by atoms with van der Waals surface area (Å²) in [6, 6.07) is 8.62. The lowest BCUT2D eigenvalue weighted by atomic mass is 9.61. The SMILES string of the molecule is BC(B)(Oc1cc(CNCC)nn1CC1CCCC1)c1cc(C)ccc1P. The Morgan fingerprint density at radius 1 is 1.30 bits per heavy atom. The molecule has 0 spiro atoms. The van der Waals surface area contributed by atoms with E-state index in [-0.39, 0.29) is 0 Å². The maximum absolute atomic E-state index is 6.59. The summed E-state index contributed by atoms with van der Waals surface area (Å²) in [5.74, 6) is 1.60. The van der Waals surface area contributed by atoms with E-state index in [0.29, 0.717) is 0 Å². The molecule has 1 atom stereocenters. The van der Waals surface area contributed by atoms with Crippen LogP contribution in [0.5, 0.6) is 5.88 Å². The molecule has 1 aliphatic rings. The number of nitrogens with one attached hydrogen (secondary N) is 1. The van der Waals surface area contributed by atoms with Crippen molar-refractivity contribution in [3.63, 3.8) is 0 Å². The molecule has 1 aliphatic carbocycles. The van der Waals surface area contributed by atoms with Gasteiger partial charge in [-0.15, -0.1) is 9.24 Å². The number of aromatic nitrogens is 2. The van der Waals surface area contributed by atoms with Crippen molar-refractivity contribution in [1.82, 2.24) is 15.1 Å². The van der Waals surface area contributed by atoms with Crippen molar-refractivity contribution in [3.8, 4) is 5.88 Å². The third-order valence-corrected chi connectivity index (χ3v) is 5.98. The van der Waals surface area contributed by atoms with Gasteiger partial charge in [-0.25, -0.2) is 4.68 Å². The zero-order chi connectivity index (χ0) is 19.4. The normalized spacial score (nSPS) is 15.4. The fourth-order valence-corrected chi connectivity index (χ4v) is 4.48. The maximum Gasteiger partial charge on any atom is 0.211 e. The van der Waals surface area contributed by atoms with Gasteiger partial charge in [-0.2, -0.15) is 5.10 Å². The van der Waals surface area contributed by atoms with Crippen LogP contribution >= 0.6 is 9.24 Å².